The first-order valence-electron chi connectivity index (χ1n) is 4.31. The minimum atomic E-state index is -0.497. The number of rotatable bonds is 3. The predicted octanol–water partition coefficient (Wildman–Crippen LogP) is 1.69. The molecule has 0 saturated carbocycles. The second-order valence-corrected chi connectivity index (χ2v) is 2.58. The number of hydrogen-bond donors (Lipinski definition) is 2. The molecule has 1 rings (SSSR count). The molecule has 1 aromatic heterocycles. The van der Waals surface area contributed by atoms with E-state index in [4.69, 9.17) is 0 Å². The van der Waals surface area contributed by atoms with Crippen molar-refractivity contribution in [2.75, 3.05) is 24.3 Å². The summed E-state index contributed by atoms with van der Waals surface area (Å²) in [6.45, 7) is 2.80. The molecule has 1 aromatic rings. The van der Waals surface area contributed by atoms with Gasteiger partial charge in [-0.25, -0.2) is 9.78 Å². The van der Waals surface area contributed by atoms with Crippen LogP contribution in [0.4, 0.5) is 16.3 Å². The first kappa shape index (κ1) is 10.3. The highest BCUT2D eigenvalue weighted by Crippen LogP contribution is 2.09. The first-order chi connectivity index (χ1) is 6.76. The maximum Gasteiger partial charge on any atom is 0.411 e. The van der Waals surface area contributed by atoms with Gasteiger partial charge >= 0.3 is 6.09 Å². The molecule has 0 saturated heterocycles. The highest BCUT2D eigenvalue weighted by atomic mass is 16.5. The normalized spacial score (nSPS) is 9.29. The highest BCUT2D eigenvalue weighted by Gasteiger charge is 2.00. The number of carbonyl (C=O) groups is 1. The van der Waals surface area contributed by atoms with Gasteiger partial charge in [0.2, 0.25) is 0 Å². The van der Waals surface area contributed by atoms with Gasteiger partial charge < -0.3 is 10.1 Å². The predicted molar refractivity (Wildman–Crippen MR) is 54.4 cm³/mol. The van der Waals surface area contributed by atoms with Crippen molar-refractivity contribution in [2.24, 2.45) is 0 Å². The van der Waals surface area contributed by atoms with Gasteiger partial charge in [-0.15, -0.1) is 0 Å². The summed E-state index contributed by atoms with van der Waals surface area (Å²) in [4.78, 5) is 14.9. The van der Waals surface area contributed by atoms with E-state index in [0.717, 1.165) is 12.4 Å². The van der Waals surface area contributed by atoms with Crippen LogP contribution in [0.2, 0.25) is 0 Å². The molecule has 0 bridgehead atoms. The molecule has 0 spiro atoms. The van der Waals surface area contributed by atoms with Gasteiger partial charge in [0.05, 0.1) is 19.0 Å². The Morgan fingerprint density at radius 1 is 1.57 bits per heavy atom. The van der Waals surface area contributed by atoms with Crippen LogP contribution in [0.3, 0.4) is 0 Å². The quantitative estimate of drug-likeness (QED) is 0.770. The standard InChI is InChI=1S/C9H13N3O2/c1-3-10-8-5-4-7(6-11-8)12-9(13)14-2/h4-6H,3H2,1-2H3,(H,10,11)(H,12,13). The van der Waals surface area contributed by atoms with Crippen LogP contribution in [0.5, 0.6) is 0 Å². The fraction of sp³-hybridized carbons (Fsp3) is 0.333. The third kappa shape index (κ3) is 2.93. The number of nitrogens with one attached hydrogen (secondary N) is 2. The van der Waals surface area contributed by atoms with E-state index in [0.29, 0.717) is 5.69 Å². The number of pyridine rings is 1. The molecule has 0 radical (unpaired) electrons. The van der Waals surface area contributed by atoms with Crippen LogP contribution < -0.4 is 10.6 Å². The monoisotopic (exact) mass is 195 g/mol. The van der Waals surface area contributed by atoms with Crippen LogP contribution in [0.15, 0.2) is 18.3 Å². The van der Waals surface area contributed by atoms with Gasteiger partial charge in [0.15, 0.2) is 0 Å². The van der Waals surface area contributed by atoms with Crippen molar-refractivity contribution in [3.63, 3.8) is 0 Å². The van der Waals surface area contributed by atoms with E-state index in [1.165, 1.54) is 7.11 Å². The molecule has 0 aliphatic carbocycles. The Labute approximate surface area is 82.5 Å². The summed E-state index contributed by atoms with van der Waals surface area (Å²) in [6, 6.07) is 3.54. The molecular formula is C9H13N3O2. The fourth-order valence-corrected chi connectivity index (χ4v) is 0.922. The second-order valence-electron chi connectivity index (χ2n) is 2.58. The summed E-state index contributed by atoms with van der Waals surface area (Å²) in [5, 5.41) is 5.56. The Kier molecular flexibility index (Phi) is 3.72. The van der Waals surface area contributed by atoms with Gasteiger partial charge in [0, 0.05) is 6.54 Å². The molecule has 1 amide bonds. The number of methoxy groups -OCH3 is 1. The number of hydrogen-bond acceptors (Lipinski definition) is 4. The van der Waals surface area contributed by atoms with Crippen LogP contribution in [-0.4, -0.2) is 24.7 Å². The Bertz CT molecular complexity index is 297. The molecule has 0 atom stereocenters. The summed E-state index contributed by atoms with van der Waals surface area (Å²) < 4.78 is 4.44. The van der Waals surface area contributed by atoms with Crippen LogP contribution in [0, 0.1) is 0 Å². The van der Waals surface area contributed by atoms with Crippen LogP contribution in [0.1, 0.15) is 6.92 Å². The van der Waals surface area contributed by atoms with E-state index >= 15 is 0 Å². The van der Waals surface area contributed by atoms with E-state index in [-0.39, 0.29) is 0 Å². The number of anilines is 2. The first-order valence-corrected chi connectivity index (χ1v) is 4.31. The van der Waals surface area contributed by atoms with Crippen LogP contribution in [0.25, 0.3) is 0 Å². The van der Waals surface area contributed by atoms with Gasteiger partial charge in [0.1, 0.15) is 5.82 Å². The largest absolute Gasteiger partial charge is 0.453 e. The SMILES string of the molecule is CCNc1ccc(NC(=O)OC)cn1. The van der Waals surface area contributed by atoms with Crippen molar-refractivity contribution in [2.45, 2.75) is 6.92 Å². The van der Waals surface area contributed by atoms with E-state index < -0.39 is 6.09 Å². The lowest BCUT2D eigenvalue weighted by Gasteiger charge is -2.04. The molecule has 1 heterocycles. The van der Waals surface area contributed by atoms with Crippen molar-refractivity contribution in [3.05, 3.63) is 18.3 Å². The van der Waals surface area contributed by atoms with Gasteiger partial charge in [-0.3, -0.25) is 5.32 Å². The molecule has 5 heteroatoms. The molecule has 5 nitrogen and oxygen atoms in total. The highest BCUT2D eigenvalue weighted by molar-refractivity contribution is 5.84. The fourth-order valence-electron chi connectivity index (χ4n) is 0.922. The lowest BCUT2D eigenvalue weighted by atomic mass is 10.4. The Hall–Kier alpha value is -1.78. The Morgan fingerprint density at radius 3 is 2.86 bits per heavy atom. The molecule has 2 N–H and O–H groups in total. The summed E-state index contributed by atoms with van der Waals surface area (Å²) in [6.07, 6.45) is 1.07. The van der Waals surface area contributed by atoms with E-state index in [1.54, 1.807) is 18.3 Å². The molecule has 0 aliphatic rings. The maximum atomic E-state index is 10.8. The van der Waals surface area contributed by atoms with Crippen molar-refractivity contribution in [1.29, 1.82) is 0 Å². The maximum absolute atomic E-state index is 10.8. The third-order valence-corrected chi connectivity index (χ3v) is 1.55. The lowest BCUT2D eigenvalue weighted by Crippen LogP contribution is -2.11. The molecule has 0 fully saturated rings. The summed E-state index contributed by atoms with van der Waals surface area (Å²) >= 11 is 0. The second kappa shape index (κ2) is 5.06. The van der Waals surface area contributed by atoms with Gasteiger partial charge in [-0.05, 0) is 19.1 Å². The number of amides is 1. The molecular weight excluding hydrogens is 182 g/mol. The van der Waals surface area contributed by atoms with Crippen molar-refractivity contribution in [3.8, 4) is 0 Å². The van der Waals surface area contributed by atoms with Gasteiger partial charge in [-0.1, -0.05) is 0 Å². The average Bonchev–Trinajstić information content (AvgIpc) is 2.21. The smallest absolute Gasteiger partial charge is 0.411 e. The number of carbonyl (C=O) groups excluding carboxylic acids is 1. The van der Waals surface area contributed by atoms with Crippen LogP contribution >= 0.6 is 0 Å². The minimum absolute atomic E-state index is 0.497. The van der Waals surface area contributed by atoms with Gasteiger partial charge in [0.25, 0.3) is 0 Å². The summed E-state index contributed by atoms with van der Waals surface area (Å²) in [5.74, 6) is 0.780. The third-order valence-electron chi connectivity index (χ3n) is 1.55. The number of ether oxygens (including phenoxy) is 1. The van der Waals surface area contributed by atoms with Gasteiger partial charge in [-0.2, -0.15) is 0 Å². The van der Waals surface area contributed by atoms with Crippen LogP contribution in [-0.2, 0) is 4.74 Å². The topological polar surface area (TPSA) is 63.2 Å². The molecule has 0 unspecified atom stereocenters. The zero-order valence-electron chi connectivity index (χ0n) is 8.20. The number of nitrogens with zero attached hydrogens (tertiary/aromatic N) is 1. The zero-order chi connectivity index (χ0) is 10.4. The summed E-state index contributed by atoms with van der Waals surface area (Å²) in [7, 11) is 1.32. The average molecular weight is 195 g/mol. The zero-order valence-corrected chi connectivity index (χ0v) is 8.20. The van der Waals surface area contributed by atoms with E-state index in [9.17, 15) is 4.79 Å². The van der Waals surface area contributed by atoms with Crippen molar-refractivity contribution in [1.82, 2.24) is 4.98 Å². The van der Waals surface area contributed by atoms with Crippen molar-refractivity contribution < 1.29 is 9.53 Å². The van der Waals surface area contributed by atoms with E-state index in [2.05, 4.69) is 20.4 Å². The molecule has 0 aliphatic heterocycles. The molecule has 14 heavy (non-hydrogen) atoms. The Morgan fingerprint density at radius 2 is 2.36 bits per heavy atom. The molecule has 76 valence electrons. The number of aromatic nitrogens is 1. The van der Waals surface area contributed by atoms with Crippen molar-refractivity contribution >= 4 is 17.6 Å². The Balaban J connectivity index is 2.59. The lowest BCUT2D eigenvalue weighted by molar-refractivity contribution is 0.187. The molecule has 0 aromatic carbocycles. The minimum Gasteiger partial charge on any atom is -0.453 e. The van der Waals surface area contributed by atoms with E-state index in [1.807, 2.05) is 6.92 Å². The summed E-state index contributed by atoms with van der Waals surface area (Å²) in [5.41, 5.74) is 0.610.